The highest BCUT2D eigenvalue weighted by Crippen LogP contribution is 2.26. The molecule has 1 aliphatic carbocycles. The molecule has 2 amide bonds. The Balaban J connectivity index is 1.55. The van der Waals surface area contributed by atoms with Gasteiger partial charge in [-0.3, -0.25) is 13.9 Å². The number of sulfonamides is 1. The molecule has 0 aromatic heterocycles. The van der Waals surface area contributed by atoms with E-state index in [4.69, 9.17) is 4.74 Å². The van der Waals surface area contributed by atoms with Crippen LogP contribution in [0.3, 0.4) is 0 Å². The number of nitrogens with one attached hydrogen (secondary N) is 1. The van der Waals surface area contributed by atoms with Gasteiger partial charge in [0.05, 0.1) is 11.9 Å². The normalized spacial score (nSPS) is 14.6. The summed E-state index contributed by atoms with van der Waals surface area (Å²) in [4.78, 5) is 28.6. The van der Waals surface area contributed by atoms with Crippen LogP contribution in [0.15, 0.2) is 78.9 Å². The standard InChI is InChI=1S/C32H39N3O5S/c1-24-11-10-12-26(21-24)22-34(25(2)32(37)33-27-13-6-4-7-14-27)31(36)23-35(41(3,38)39)28-17-19-30(20-18-28)40-29-15-8-5-9-16-29/h5,8-12,15-21,25,27H,4,6-7,13-14,22-23H2,1-3H3,(H,33,37). The van der Waals surface area contributed by atoms with Gasteiger partial charge in [-0.2, -0.15) is 0 Å². The SMILES string of the molecule is Cc1cccc(CN(C(=O)CN(c2ccc(Oc3ccccc3)cc2)S(C)(=O)=O)C(C)C(=O)NC2CCCCC2)c1. The largest absolute Gasteiger partial charge is 0.457 e. The van der Waals surface area contributed by atoms with Crippen molar-refractivity contribution in [3.8, 4) is 11.5 Å². The summed E-state index contributed by atoms with van der Waals surface area (Å²) >= 11 is 0. The zero-order chi connectivity index (χ0) is 29.4. The number of anilines is 1. The third-order valence-electron chi connectivity index (χ3n) is 7.34. The minimum Gasteiger partial charge on any atom is -0.457 e. The molecule has 41 heavy (non-hydrogen) atoms. The van der Waals surface area contributed by atoms with Crippen LogP contribution in [0.1, 0.15) is 50.2 Å². The van der Waals surface area contributed by atoms with E-state index in [1.54, 1.807) is 31.2 Å². The summed E-state index contributed by atoms with van der Waals surface area (Å²) in [7, 11) is -3.82. The van der Waals surface area contributed by atoms with Gasteiger partial charge in [0, 0.05) is 12.6 Å². The molecule has 0 spiro atoms. The van der Waals surface area contributed by atoms with Crippen molar-refractivity contribution in [2.45, 2.75) is 64.6 Å². The zero-order valence-corrected chi connectivity index (χ0v) is 24.8. The van der Waals surface area contributed by atoms with Crippen molar-refractivity contribution < 1.29 is 22.7 Å². The van der Waals surface area contributed by atoms with E-state index in [1.165, 1.54) is 11.3 Å². The number of amides is 2. The highest BCUT2D eigenvalue weighted by Gasteiger charge is 2.31. The van der Waals surface area contributed by atoms with Gasteiger partial charge >= 0.3 is 0 Å². The van der Waals surface area contributed by atoms with Crippen LogP contribution in [-0.4, -0.2) is 50.0 Å². The molecule has 1 atom stereocenters. The number of benzene rings is 3. The number of carbonyl (C=O) groups is 2. The predicted octanol–water partition coefficient (Wildman–Crippen LogP) is 5.42. The van der Waals surface area contributed by atoms with Crippen LogP contribution in [-0.2, 0) is 26.2 Å². The number of ether oxygens (including phenoxy) is 1. The quantitative estimate of drug-likeness (QED) is 0.328. The Labute approximate surface area is 243 Å². The second kappa shape index (κ2) is 13.7. The highest BCUT2D eigenvalue weighted by molar-refractivity contribution is 7.92. The van der Waals surface area contributed by atoms with Crippen molar-refractivity contribution in [3.63, 3.8) is 0 Å². The lowest BCUT2D eigenvalue weighted by Gasteiger charge is -2.33. The summed E-state index contributed by atoms with van der Waals surface area (Å²) in [5.41, 5.74) is 2.23. The Morgan fingerprint density at radius 2 is 1.59 bits per heavy atom. The Morgan fingerprint density at radius 1 is 0.927 bits per heavy atom. The van der Waals surface area contributed by atoms with Crippen LogP contribution in [0.25, 0.3) is 0 Å². The minimum atomic E-state index is -3.82. The van der Waals surface area contributed by atoms with Crippen LogP contribution in [0.2, 0.25) is 0 Å². The molecule has 8 nitrogen and oxygen atoms in total. The summed E-state index contributed by atoms with van der Waals surface area (Å²) in [6.07, 6.45) is 6.24. The maximum Gasteiger partial charge on any atom is 0.244 e. The average Bonchev–Trinajstić information content (AvgIpc) is 2.95. The average molecular weight is 578 g/mol. The van der Waals surface area contributed by atoms with Gasteiger partial charge in [-0.25, -0.2) is 8.42 Å². The van der Waals surface area contributed by atoms with Crippen LogP contribution in [0.4, 0.5) is 5.69 Å². The van der Waals surface area contributed by atoms with E-state index in [-0.39, 0.29) is 18.5 Å². The molecule has 1 saturated carbocycles. The van der Waals surface area contributed by atoms with E-state index in [0.717, 1.165) is 47.4 Å². The lowest BCUT2D eigenvalue weighted by Crippen LogP contribution is -2.52. The fourth-order valence-electron chi connectivity index (χ4n) is 5.08. The molecule has 218 valence electrons. The van der Waals surface area contributed by atoms with Crippen molar-refractivity contribution in [2.75, 3.05) is 17.1 Å². The minimum absolute atomic E-state index is 0.0961. The summed E-state index contributed by atoms with van der Waals surface area (Å²) in [5.74, 6) is 0.496. The highest BCUT2D eigenvalue weighted by atomic mass is 32.2. The number of carbonyl (C=O) groups excluding carboxylic acids is 2. The van der Waals surface area contributed by atoms with E-state index < -0.39 is 28.5 Å². The molecule has 3 aromatic carbocycles. The lowest BCUT2D eigenvalue weighted by molar-refractivity contribution is -0.139. The number of hydrogen-bond acceptors (Lipinski definition) is 5. The molecule has 1 aliphatic rings. The van der Waals surface area contributed by atoms with Crippen molar-refractivity contribution in [1.82, 2.24) is 10.2 Å². The van der Waals surface area contributed by atoms with E-state index in [9.17, 15) is 18.0 Å². The fraction of sp³-hybridized carbons (Fsp3) is 0.375. The van der Waals surface area contributed by atoms with Crippen molar-refractivity contribution in [2.24, 2.45) is 0 Å². The van der Waals surface area contributed by atoms with Crippen LogP contribution < -0.4 is 14.4 Å². The number of rotatable bonds is 11. The van der Waals surface area contributed by atoms with Gasteiger partial charge in [0.1, 0.15) is 24.1 Å². The van der Waals surface area contributed by atoms with Crippen molar-refractivity contribution in [3.05, 3.63) is 90.0 Å². The van der Waals surface area contributed by atoms with E-state index >= 15 is 0 Å². The summed E-state index contributed by atoms with van der Waals surface area (Å²) < 4.78 is 32.7. The first-order valence-corrected chi connectivity index (χ1v) is 15.9. The fourth-order valence-corrected chi connectivity index (χ4v) is 5.93. The van der Waals surface area contributed by atoms with Gasteiger partial charge in [-0.15, -0.1) is 0 Å². The molecule has 1 fully saturated rings. The molecule has 0 bridgehead atoms. The molecule has 9 heteroatoms. The third-order valence-corrected chi connectivity index (χ3v) is 8.48. The molecular formula is C32H39N3O5S. The molecule has 0 heterocycles. The van der Waals surface area contributed by atoms with Gasteiger partial charge in [0.15, 0.2) is 0 Å². The number of nitrogens with zero attached hydrogens (tertiary/aromatic N) is 2. The van der Waals surface area contributed by atoms with Crippen molar-refractivity contribution in [1.29, 1.82) is 0 Å². The van der Waals surface area contributed by atoms with Gasteiger partial charge in [0.2, 0.25) is 21.8 Å². The molecule has 0 saturated heterocycles. The Kier molecular flexibility index (Phi) is 10.0. The second-order valence-electron chi connectivity index (χ2n) is 10.7. The maximum atomic E-state index is 13.8. The number of para-hydroxylation sites is 1. The number of aryl methyl sites for hydroxylation is 1. The predicted molar refractivity (Wildman–Crippen MR) is 161 cm³/mol. The topological polar surface area (TPSA) is 96.0 Å². The smallest absolute Gasteiger partial charge is 0.244 e. The van der Waals surface area contributed by atoms with Crippen LogP contribution >= 0.6 is 0 Å². The van der Waals surface area contributed by atoms with Gasteiger partial charge < -0.3 is 15.0 Å². The van der Waals surface area contributed by atoms with Gasteiger partial charge in [-0.05, 0) is 68.7 Å². The van der Waals surface area contributed by atoms with E-state index in [2.05, 4.69) is 5.32 Å². The molecule has 1 unspecified atom stereocenters. The summed E-state index contributed by atoms with van der Waals surface area (Å²) in [6, 6.07) is 22.8. The summed E-state index contributed by atoms with van der Waals surface area (Å²) in [6.45, 7) is 3.41. The lowest BCUT2D eigenvalue weighted by atomic mass is 9.95. The van der Waals surface area contributed by atoms with Crippen LogP contribution in [0, 0.1) is 6.92 Å². The zero-order valence-electron chi connectivity index (χ0n) is 24.0. The van der Waals surface area contributed by atoms with Gasteiger partial charge in [-0.1, -0.05) is 67.3 Å². The third kappa shape index (κ3) is 8.57. The maximum absolute atomic E-state index is 13.8. The molecule has 4 rings (SSSR count). The first-order chi connectivity index (χ1) is 19.6. The van der Waals surface area contributed by atoms with E-state index in [0.29, 0.717) is 17.2 Å². The molecule has 0 radical (unpaired) electrons. The van der Waals surface area contributed by atoms with Gasteiger partial charge in [0.25, 0.3) is 0 Å². The number of hydrogen-bond donors (Lipinski definition) is 1. The Morgan fingerprint density at radius 3 is 2.22 bits per heavy atom. The Bertz CT molecular complexity index is 1420. The second-order valence-corrected chi connectivity index (χ2v) is 12.6. The summed E-state index contributed by atoms with van der Waals surface area (Å²) in [5, 5.41) is 3.11. The molecule has 0 aliphatic heterocycles. The monoisotopic (exact) mass is 577 g/mol. The Hall–Kier alpha value is -3.85. The molecular weight excluding hydrogens is 538 g/mol. The van der Waals surface area contributed by atoms with Crippen LogP contribution in [0.5, 0.6) is 11.5 Å². The molecule has 1 N–H and O–H groups in total. The van der Waals surface area contributed by atoms with Crippen molar-refractivity contribution >= 4 is 27.5 Å². The first-order valence-electron chi connectivity index (χ1n) is 14.1. The first kappa shape index (κ1) is 30.1. The molecule has 3 aromatic rings. The van der Waals surface area contributed by atoms with E-state index in [1.807, 2.05) is 61.5 Å².